The van der Waals surface area contributed by atoms with Gasteiger partial charge in [0.05, 0.1) is 17.4 Å². The molecule has 102 valence electrons. The Balaban J connectivity index is 2.08. The molecule has 0 saturated carbocycles. The van der Waals surface area contributed by atoms with Crippen LogP contribution in [0.2, 0.25) is 0 Å². The van der Waals surface area contributed by atoms with E-state index in [1.54, 1.807) is 6.92 Å². The third-order valence-electron chi connectivity index (χ3n) is 2.79. The van der Waals surface area contributed by atoms with Crippen LogP contribution in [0.1, 0.15) is 48.3 Å². The molecule has 2 rings (SSSR count). The maximum atomic E-state index is 12.1. The van der Waals surface area contributed by atoms with Gasteiger partial charge in [-0.1, -0.05) is 13.3 Å². The lowest BCUT2D eigenvalue weighted by atomic mass is 10.2. The number of hydrogen-bond acceptors (Lipinski definition) is 5. The number of nitrogens with one attached hydrogen (secondary N) is 3. The zero-order valence-electron chi connectivity index (χ0n) is 10.9. The molecule has 2 aromatic heterocycles. The Morgan fingerprint density at radius 2 is 2.32 bits per heavy atom. The van der Waals surface area contributed by atoms with Crippen molar-refractivity contribution >= 4 is 11.6 Å². The van der Waals surface area contributed by atoms with E-state index >= 15 is 0 Å². The number of amides is 1. The van der Waals surface area contributed by atoms with Gasteiger partial charge in [0.2, 0.25) is 0 Å². The number of nitrogens with zero attached hydrogens (tertiary/aromatic N) is 3. The van der Waals surface area contributed by atoms with Crippen molar-refractivity contribution in [3.63, 3.8) is 0 Å². The molecule has 0 bridgehead atoms. The summed E-state index contributed by atoms with van der Waals surface area (Å²) in [7, 11) is 0. The second kappa shape index (κ2) is 5.51. The third-order valence-corrected chi connectivity index (χ3v) is 2.79. The fourth-order valence-corrected chi connectivity index (χ4v) is 1.76. The summed E-state index contributed by atoms with van der Waals surface area (Å²) in [6.07, 6.45) is 3.09. The Morgan fingerprint density at radius 3 is 2.95 bits per heavy atom. The number of nitrogen functional groups attached to an aromatic ring is 1. The number of anilines is 1. The first-order valence-corrected chi connectivity index (χ1v) is 6.12. The lowest BCUT2D eigenvalue weighted by Gasteiger charge is -2.09. The largest absolute Gasteiger partial charge is 0.395 e. The van der Waals surface area contributed by atoms with Gasteiger partial charge < -0.3 is 11.1 Å². The highest BCUT2D eigenvalue weighted by molar-refractivity contribution is 5.97. The van der Waals surface area contributed by atoms with Gasteiger partial charge >= 0.3 is 0 Å². The van der Waals surface area contributed by atoms with Crippen molar-refractivity contribution in [3.05, 3.63) is 23.5 Å². The normalized spacial score (nSPS) is 12.3. The molecule has 0 spiro atoms. The summed E-state index contributed by atoms with van der Waals surface area (Å²) in [4.78, 5) is 16.0. The van der Waals surface area contributed by atoms with E-state index in [4.69, 9.17) is 5.73 Å². The molecular formula is C11H17N7O. The van der Waals surface area contributed by atoms with E-state index in [2.05, 4.69) is 30.7 Å². The summed E-state index contributed by atoms with van der Waals surface area (Å²) < 4.78 is 0. The van der Waals surface area contributed by atoms with Crippen LogP contribution < -0.4 is 11.1 Å². The molecule has 1 unspecified atom stereocenters. The van der Waals surface area contributed by atoms with Crippen LogP contribution >= 0.6 is 0 Å². The second-order valence-electron chi connectivity index (χ2n) is 4.28. The summed E-state index contributed by atoms with van der Waals surface area (Å²) in [6.45, 7) is 3.83. The number of nitrogens with two attached hydrogens (primary N) is 1. The first-order chi connectivity index (χ1) is 9.13. The summed E-state index contributed by atoms with van der Waals surface area (Å²) in [6, 6.07) is -0.291. The average molecular weight is 263 g/mol. The van der Waals surface area contributed by atoms with Crippen LogP contribution in [0.15, 0.2) is 6.33 Å². The number of aryl methyl sites for hydroxylation is 1. The second-order valence-corrected chi connectivity index (χ2v) is 4.28. The summed E-state index contributed by atoms with van der Waals surface area (Å²) >= 11 is 0. The van der Waals surface area contributed by atoms with E-state index in [1.165, 1.54) is 6.33 Å². The van der Waals surface area contributed by atoms with Crippen molar-refractivity contribution in [2.45, 2.75) is 32.7 Å². The average Bonchev–Trinajstić information content (AvgIpc) is 3.01. The number of hydrogen-bond donors (Lipinski definition) is 4. The molecule has 8 heteroatoms. The van der Waals surface area contributed by atoms with Crippen LogP contribution in [-0.4, -0.2) is 31.3 Å². The van der Waals surface area contributed by atoms with Gasteiger partial charge in [-0.25, -0.2) is 4.98 Å². The quantitative estimate of drug-likeness (QED) is 0.627. The SMILES string of the molecule is CCCc1[nH]nc(C(=O)NC(C)c2ncn[nH]2)c1N. The van der Waals surface area contributed by atoms with Gasteiger partial charge in [-0.2, -0.15) is 10.2 Å². The fraction of sp³-hybridized carbons (Fsp3) is 0.455. The number of aromatic amines is 2. The molecule has 0 saturated heterocycles. The predicted molar refractivity (Wildman–Crippen MR) is 69.3 cm³/mol. The van der Waals surface area contributed by atoms with E-state index in [9.17, 15) is 4.79 Å². The maximum absolute atomic E-state index is 12.1. The predicted octanol–water partition coefficient (Wildman–Crippen LogP) is 0.553. The van der Waals surface area contributed by atoms with Crippen molar-refractivity contribution < 1.29 is 4.79 Å². The molecular weight excluding hydrogens is 246 g/mol. The summed E-state index contributed by atoms with van der Waals surface area (Å²) in [5.41, 5.74) is 7.31. The highest BCUT2D eigenvalue weighted by atomic mass is 16.2. The van der Waals surface area contributed by atoms with Gasteiger partial charge in [0.15, 0.2) is 5.69 Å². The highest BCUT2D eigenvalue weighted by Gasteiger charge is 2.19. The van der Waals surface area contributed by atoms with Crippen molar-refractivity contribution in [2.24, 2.45) is 0 Å². The zero-order valence-corrected chi connectivity index (χ0v) is 10.9. The topological polar surface area (TPSA) is 125 Å². The monoisotopic (exact) mass is 263 g/mol. The molecule has 0 aliphatic carbocycles. The molecule has 1 atom stereocenters. The van der Waals surface area contributed by atoms with Crippen LogP contribution in [0.5, 0.6) is 0 Å². The molecule has 19 heavy (non-hydrogen) atoms. The summed E-state index contributed by atoms with van der Waals surface area (Å²) in [5.74, 6) is 0.247. The number of H-pyrrole nitrogens is 2. The third kappa shape index (κ3) is 2.72. The van der Waals surface area contributed by atoms with Crippen LogP contribution in [0.25, 0.3) is 0 Å². The van der Waals surface area contributed by atoms with Gasteiger partial charge in [-0.3, -0.25) is 15.0 Å². The minimum atomic E-state index is -0.333. The van der Waals surface area contributed by atoms with Gasteiger partial charge in [-0.05, 0) is 13.3 Å². The van der Waals surface area contributed by atoms with E-state index in [0.717, 1.165) is 18.5 Å². The maximum Gasteiger partial charge on any atom is 0.274 e. The van der Waals surface area contributed by atoms with Gasteiger partial charge in [-0.15, -0.1) is 0 Å². The molecule has 0 radical (unpaired) electrons. The van der Waals surface area contributed by atoms with E-state index < -0.39 is 0 Å². The van der Waals surface area contributed by atoms with Crippen molar-refractivity contribution in [1.82, 2.24) is 30.7 Å². The van der Waals surface area contributed by atoms with Gasteiger partial charge in [0.25, 0.3) is 5.91 Å². The van der Waals surface area contributed by atoms with Crippen LogP contribution in [0.4, 0.5) is 5.69 Å². The minimum absolute atomic E-state index is 0.217. The molecule has 5 N–H and O–H groups in total. The number of aromatic nitrogens is 5. The standard InChI is InChI=1S/C11H17N7O/c1-3-4-7-8(12)9(17-16-7)11(19)15-6(2)10-13-5-14-18-10/h5-6H,3-4,12H2,1-2H3,(H,15,19)(H,16,17)(H,13,14,18). The lowest BCUT2D eigenvalue weighted by Crippen LogP contribution is -2.28. The first-order valence-electron chi connectivity index (χ1n) is 6.12. The van der Waals surface area contributed by atoms with Crippen LogP contribution in [-0.2, 0) is 6.42 Å². The number of carbonyl (C=O) groups is 1. The Kier molecular flexibility index (Phi) is 3.79. The molecule has 2 heterocycles. The molecule has 0 aromatic carbocycles. The Morgan fingerprint density at radius 1 is 1.53 bits per heavy atom. The minimum Gasteiger partial charge on any atom is -0.395 e. The summed E-state index contributed by atoms with van der Waals surface area (Å²) in [5, 5.41) is 15.9. The Hall–Kier alpha value is -2.38. The zero-order chi connectivity index (χ0) is 13.8. The van der Waals surface area contributed by atoms with E-state index in [1.807, 2.05) is 6.92 Å². The van der Waals surface area contributed by atoms with E-state index in [0.29, 0.717) is 11.5 Å². The number of rotatable bonds is 5. The number of carbonyl (C=O) groups excluding carboxylic acids is 1. The van der Waals surface area contributed by atoms with Crippen LogP contribution in [0, 0.1) is 0 Å². The molecule has 2 aromatic rings. The van der Waals surface area contributed by atoms with Crippen molar-refractivity contribution in [2.75, 3.05) is 5.73 Å². The molecule has 1 amide bonds. The molecule has 8 nitrogen and oxygen atoms in total. The van der Waals surface area contributed by atoms with Gasteiger partial charge in [0, 0.05) is 0 Å². The lowest BCUT2D eigenvalue weighted by molar-refractivity contribution is 0.0934. The smallest absolute Gasteiger partial charge is 0.274 e. The van der Waals surface area contributed by atoms with Gasteiger partial charge in [0.1, 0.15) is 12.2 Å². The Labute approximate surface area is 110 Å². The first kappa shape index (κ1) is 13.1. The Bertz CT molecular complexity index is 545. The van der Waals surface area contributed by atoms with Crippen molar-refractivity contribution in [1.29, 1.82) is 0 Å². The molecule has 0 fully saturated rings. The molecule has 0 aliphatic rings. The highest BCUT2D eigenvalue weighted by Crippen LogP contribution is 2.16. The van der Waals surface area contributed by atoms with E-state index in [-0.39, 0.29) is 17.6 Å². The molecule has 0 aliphatic heterocycles. The van der Waals surface area contributed by atoms with Crippen molar-refractivity contribution in [3.8, 4) is 0 Å². The van der Waals surface area contributed by atoms with Crippen LogP contribution in [0.3, 0.4) is 0 Å². The fourth-order valence-electron chi connectivity index (χ4n) is 1.76.